The van der Waals surface area contributed by atoms with E-state index in [2.05, 4.69) is 5.32 Å². The molecular formula is C16H21NO3. The SMILES string of the molecule is COc1ccc(NC(=O)[C@@H]2C[C@H]3CC[C@H]2C3)c(OC)c1. The van der Waals surface area contributed by atoms with Crippen molar-refractivity contribution in [3.8, 4) is 11.5 Å². The molecule has 4 nitrogen and oxygen atoms in total. The molecule has 20 heavy (non-hydrogen) atoms. The summed E-state index contributed by atoms with van der Waals surface area (Å²) in [4.78, 5) is 12.4. The summed E-state index contributed by atoms with van der Waals surface area (Å²) in [5.74, 6) is 3.04. The Bertz CT molecular complexity index is 514. The van der Waals surface area contributed by atoms with Gasteiger partial charge in [0.15, 0.2) is 0 Å². The molecule has 1 N–H and O–H groups in total. The molecule has 2 aliphatic carbocycles. The molecule has 0 spiro atoms. The van der Waals surface area contributed by atoms with Crippen molar-refractivity contribution in [2.45, 2.75) is 25.7 Å². The first-order valence-corrected chi connectivity index (χ1v) is 7.24. The largest absolute Gasteiger partial charge is 0.497 e. The molecule has 2 aliphatic rings. The maximum Gasteiger partial charge on any atom is 0.227 e. The van der Waals surface area contributed by atoms with Crippen molar-refractivity contribution in [3.63, 3.8) is 0 Å². The third kappa shape index (κ3) is 2.35. The van der Waals surface area contributed by atoms with Crippen LogP contribution in [0.2, 0.25) is 0 Å². The molecule has 0 unspecified atom stereocenters. The van der Waals surface area contributed by atoms with Gasteiger partial charge in [-0.1, -0.05) is 6.42 Å². The minimum absolute atomic E-state index is 0.140. The topological polar surface area (TPSA) is 47.6 Å². The van der Waals surface area contributed by atoms with E-state index < -0.39 is 0 Å². The zero-order valence-electron chi connectivity index (χ0n) is 12.0. The van der Waals surface area contributed by atoms with Crippen molar-refractivity contribution in [1.82, 2.24) is 0 Å². The Hall–Kier alpha value is -1.71. The van der Waals surface area contributed by atoms with Crippen molar-refractivity contribution in [2.24, 2.45) is 17.8 Å². The predicted molar refractivity (Wildman–Crippen MR) is 77.1 cm³/mol. The van der Waals surface area contributed by atoms with Gasteiger partial charge in [0.2, 0.25) is 5.91 Å². The third-order valence-electron chi connectivity index (χ3n) is 4.74. The molecule has 1 aromatic carbocycles. The number of ether oxygens (including phenoxy) is 2. The minimum Gasteiger partial charge on any atom is -0.497 e. The summed E-state index contributed by atoms with van der Waals surface area (Å²) < 4.78 is 10.5. The lowest BCUT2D eigenvalue weighted by molar-refractivity contribution is -0.121. The van der Waals surface area contributed by atoms with Gasteiger partial charge in [-0.05, 0) is 43.2 Å². The van der Waals surface area contributed by atoms with E-state index in [9.17, 15) is 4.79 Å². The molecule has 0 aliphatic heterocycles. The number of hydrogen-bond acceptors (Lipinski definition) is 3. The maximum absolute atomic E-state index is 12.4. The second-order valence-corrected chi connectivity index (χ2v) is 5.84. The van der Waals surface area contributed by atoms with Crippen LogP contribution in [-0.2, 0) is 4.79 Å². The van der Waals surface area contributed by atoms with E-state index in [-0.39, 0.29) is 11.8 Å². The minimum atomic E-state index is 0.140. The fourth-order valence-corrected chi connectivity index (χ4v) is 3.69. The van der Waals surface area contributed by atoms with E-state index in [1.165, 1.54) is 19.3 Å². The molecule has 0 aromatic heterocycles. The molecule has 2 bridgehead atoms. The number of carbonyl (C=O) groups excluding carboxylic acids is 1. The lowest BCUT2D eigenvalue weighted by atomic mass is 9.88. The van der Waals surface area contributed by atoms with Crippen LogP contribution in [0.25, 0.3) is 0 Å². The molecule has 108 valence electrons. The normalized spacial score (nSPS) is 27.4. The molecule has 3 atom stereocenters. The van der Waals surface area contributed by atoms with E-state index in [1.54, 1.807) is 20.3 Å². The molecule has 1 amide bonds. The average molecular weight is 275 g/mol. The van der Waals surface area contributed by atoms with E-state index >= 15 is 0 Å². The van der Waals surface area contributed by atoms with Crippen molar-refractivity contribution in [2.75, 3.05) is 19.5 Å². The lowest BCUT2D eigenvalue weighted by Crippen LogP contribution is -2.27. The van der Waals surface area contributed by atoms with Gasteiger partial charge in [0.1, 0.15) is 11.5 Å². The average Bonchev–Trinajstić information content (AvgIpc) is 3.10. The Morgan fingerprint density at radius 2 is 2.05 bits per heavy atom. The lowest BCUT2D eigenvalue weighted by Gasteiger charge is -2.21. The van der Waals surface area contributed by atoms with Crippen LogP contribution in [0.1, 0.15) is 25.7 Å². The third-order valence-corrected chi connectivity index (χ3v) is 4.74. The first kappa shape index (κ1) is 13.3. The van der Waals surface area contributed by atoms with E-state index in [0.29, 0.717) is 11.7 Å². The Labute approximate surface area is 119 Å². The van der Waals surface area contributed by atoms with Gasteiger partial charge in [-0.2, -0.15) is 0 Å². The van der Waals surface area contributed by atoms with Gasteiger partial charge in [-0.25, -0.2) is 0 Å². The number of nitrogens with one attached hydrogen (secondary N) is 1. The summed E-state index contributed by atoms with van der Waals surface area (Å²) in [5, 5.41) is 3.02. The summed E-state index contributed by atoms with van der Waals surface area (Å²) in [6, 6.07) is 5.46. The molecule has 2 saturated carbocycles. The Morgan fingerprint density at radius 3 is 2.65 bits per heavy atom. The van der Waals surface area contributed by atoms with Gasteiger partial charge in [-0.15, -0.1) is 0 Å². The summed E-state index contributed by atoms with van der Waals surface area (Å²) >= 11 is 0. The zero-order valence-corrected chi connectivity index (χ0v) is 12.0. The monoisotopic (exact) mass is 275 g/mol. The second-order valence-electron chi connectivity index (χ2n) is 5.84. The molecule has 0 radical (unpaired) electrons. The highest BCUT2D eigenvalue weighted by atomic mass is 16.5. The summed E-state index contributed by atoms with van der Waals surface area (Å²) in [6.45, 7) is 0. The summed E-state index contributed by atoms with van der Waals surface area (Å²) in [5.41, 5.74) is 0.723. The first-order valence-electron chi connectivity index (χ1n) is 7.24. The molecule has 0 saturated heterocycles. The number of carbonyl (C=O) groups is 1. The van der Waals surface area contributed by atoms with Crippen LogP contribution >= 0.6 is 0 Å². The van der Waals surface area contributed by atoms with Crippen LogP contribution in [-0.4, -0.2) is 20.1 Å². The molecule has 3 rings (SSSR count). The highest BCUT2D eigenvalue weighted by Gasteiger charge is 2.43. The van der Waals surface area contributed by atoms with Crippen molar-refractivity contribution in [3.05, 3.63) is 18.2 Å². The molecule has 4 heteroatoms. The predicted octanol–water partition coefficient (Wildman–Crippen LogP) is 3.08. The van der Waals surface area contributed by atoms with Crippen molar-refractivity contribution < 1.29 is 14.3 Å². The highest BCUT2D eigenvalue weighted by molar-refractivity contribution is 5.94. The van der Waals surface area contributed by atoms with Gasteiger partial charge in [0.05, 0.1) is 19.9 Å². The number of fused-ring (bicyclic) bond motifs is 2. The number of anilines is 1. The Kier molecular flexibility index (Phi) is 3.55. The number of hydrogen-bond donors (Lipinski definition) is 1. The van der Waals surface area contributed by atoms with Crippen LogP contribution in [0.5, 0.6) is 11.5 Å². The number of benzene rings is 1. The van der Waals surface area contributed by atoms with Crippen LogP contribution in [0.15, 0.2) is 18.2 Å². The fraction of sp³-hybridized carbons (Fsp3) is 0.562. The summed E-state index contributed by atoms with van der Waals surface area (Å²) in [7, 11) is 3.21. The molecule has 2 fully saturated rings. The quantitative estimate of drug-likeness (QED) is 0.918. The molecular weight excluding hydrogens is 254 g/mol. The van der Waals surface area contributed by atoms with Crippen LogP contribution in [0, 0.1) is 17.8 Å². The Morgan fingerprint density at radius 1 is 1.20 bits per heavy atom. The number of amides is 1. The van der Waals surface area contributed by atoms with Crippen molar-refractivity contribution >= 4 is 11.6 Å². The van der Waals surface area contributed by atoms with E-state index in [1.807, 2.05) is 12.1 Å². The maximum atomic E-state index is 12.4. The highest BCUT2D eigenvalue weighted by Crippen LogP contribution is 2.48. The molecule has 0 heterocycles. The second kappa shape index (κ2) is 5.35. The van der Waals surface area contributed by atoms with Gasteiger partial charge in [0.25, 0.3) is 0 Å². The van der Waals surface area contributed by atoms with Gasteiger partial charge in [-0.3, -0.25) is 4.79 Å². The standard InChI is InChI=1S/C16H21NO3/c1-19-12-5-6-14(15(9-12)20-2)17-16(18)13-8-10-3-4-11(13)7-10/h5-6,9-11,13H,3-4,7-8H2,1-2H3,(H,17,18)/t10-,11-,13+/m0/s1. The zero-order chi connectivity index (χ0) is 14.1. The van der Waals surface area contributed by atoms with E-state index in [4.69, 9.17) is 9.47 Å². The van der Waals surface area contributed by atoms with E-state index in [0.717, 1.165) is 23.8 Å². The van der Waals surface area contributed by atoms with Crippen LogP contribution < -0.4 is 14.8 Å². The van der Waals surface area contributed by atoms with Gasteiger partial charge < -0.3 is 14.8 Å². The Balaban J connectivity index is 1.72. The van der Waals surface area contributed by atoms with Crippen LogP contribution in [0.4, 0.5) is 5.69 Å². The molecule has 1 aromatic rings. The van der Waals surface area contributed by atoms with Gasteiger partial charge in [0, 0.05) is 12.0 Å². The number of rotatable bonds is 4. The number of methoxy groups -OCH3 is 2. The smallest absolute Gasteiger partial charge is 0.227 e. The summed E-state index contributed by atoms with van der Waals surface area (Å²) in [6.07, 6.45) is 4.80. The van der Waals surface area contributed by atoms with Gasteiger partial charge >= 0.3 is 0 Å². The van der Waals surface area contributed by atoms with Crippen LogP contribution in [0.3, 0.4) is 0 Å². The van der Waals surface area contributed by atoms with Crippen molar-refractivity contribution in [1.29, 1.82) is 0 Å². The first-order chi connectivity index (χ1) is 9.71. The fourth-order valence-electron chi connectivity index (χ4n) is 3.69.